The molecule has 0 rings (SSSR count). The number of nitrogens with two attached hydrogens (primary N) is 1. The largest absolute Gasteiger partial charge is 0.392 e. The molecule has 0 aliphatic rings. The van der Waals surface area contributed by atoms with Gasteiger partial charge >= 0.3 is 0 Å². The molecule has 44 valence electrons. The summed E-state index contributed by atoms with van der Waals surface area (Å²) < 4.78 is 0. The van der Waals surface area contributed by atoms with Gasteiger partial charge in [-0.2, -0.15) is 0 Å². The second-order valence-electron chi connectivity index (χ2n) is 1.37. The van der Waals surface area contributed by atoms with Crippen LogP contribution in [0.3, 0.4) is 0 Å². The number of hydrogen-bond donors (Lipinski definition) is 2. The van der Waals surface area contributed by atoms with Crippen molar-refractivity contribution in [2.24, 2.45) is 5.73 Å². The van der Waals surface area contributed by atoms with E-state index < -0.39 is 6.10 Å². The van der Waals surface area contributed by atoms with Crippen molar-refractivity contribution in [3.63, 3.8) is 0 Å². The van der Waals surface area contributed by atoms with Crippen LogP contribution in [0, 0.1) is 0 Å². The van der Waals surface area contributed by atoms with Gasteiger partial charge < -0.3 is 10.8 Å². The fourth-order valence-corrected chi connectivity index (χ4v) is 0.496. The molecule has 1 atom stereocenters. The molecule has 3 heteroatoms. The summed E-state index contributed by atoms with van der Waals surface area (Å²) in [5.74, 6) is 0.484. The Bertz CT molecular complexity index is 42.7. The van der Waals surface area contributed by atoms with E-state index in [4.69, 9.17) is 22.4 Å². The highest BCUT2D eigenvalue weighted by atomic mass is 35.5. The molecule has 0 spiro atoms. The van der Waals surface area contributed by atoms with Gasteiger partial charge in [0, 0.05) is 12.4 Å². The SMILES string of the molecule is NC[C@H](O)CCCl. The molecule has 0 fully saturated rings. The molecular weight excluding hydrogens is 114 g/mol. The number of rotatable bonds is 3. The third-order valence-corrected chi connectivity index (χ3v) is 0.933. The van der Waals surface area contributed by atoms with Crippen LogP contribution in [-0.2, 0) is 0 Å². The third kappa shape index (κ3) is 4.05. The lowest BCUT2D eigenvalue weighted by atomic mass is 10.3. The lowest BCUT2D eigenvalue weighted by molar-refractivity contribution is 0.180. The molecule has 0 saturated heterocycles. The van der Waals surface area contributed by atoms with Crippen molar-refractivity contribution in [3.8, 4) is 0 Å². The molecule has 0 amide bonds. The van der Waals surface area contributed by atoms with Gasteiger partial charge in [0.05, 0.1) is 6.10 Å². The molecule has 7 heavy (non-hydrogen) atoms. The van der Waals surface area contributed by atoms with E-state index >= 15 is 0 Å². The molecule has 0 aromatic carbocycles. The van der Waals surface area contributed by atoms with Crippen molar-refractivity contribution < 1.29 is 5.11 Å². The number of aliphatic hydroxyl groups is 1. The Balaban J connectivity index is 2.83. The van der Waals surface area contributed by atoms with Crippen molar-refractivity contribution in [3.05, 3.63) is 0 Å². The minimum atomic E-state index is -0.405. The van der Waals surface area contributed by atoms with E-state index in [0.29, 0.717) is 18.8 Å². The highest BCUT2D eigenvalue weighted by molar-refractivity contribution is 6.17. The maximum Gasteiger partial charge on any atom is 0.0673 e. The Labute approximate surface area is 48.3 Å². The quantitative estimate of drug-likeness (QED) is 0.517. The first-order chi connectivity index (χ1) is 3.31. The van der Waals surface area contributed by atoms with Gasteiger partial charge in [-0.1, -0.05) is 0 Å². The molecule has 3 N–H and O–H groups in total. The zero-order valence-corrected chi connectivity index (χ0v) is 4.86. The lowest BCUT2D eigenvalue weighted by Gasteiger charge is -2.00. The number of hydrogen-bond acceptors (Lipinski definition) is 2. The molecule has 0 bridgehead atoms. The van der Waals surface area contributed by atoms with Gasteiger partial charge in [-0.25, -0.2) is 0 Å². The van der Waals surface area contributed by atoms with Gasteiger partial charge in [0.1, 0.15) is 0 Å². The maximum atomic E-state index is 8.65. The topological polar surface area (TPSA) is 46.2 Å². The minimum absolute atomic E-state index is 0.312. The van der Waals surface area contributed by atoms with E-state index in [1.165, 1.54) is 0 Å². The standard InChI is InChI=1S/C4H10ClNO/c5-2-1-4(7)3-6/h4,7H,1-3,6H2/t4-/m1/s1. The highest BCUT2D eigenvalue weighted by Gasteiger charge is 1.95. The van der Waals surface area contributed by atoms with E-state index in [9.17, 15) is 0 Å². The second kappa shape index (κ2) is 4.37. The first-order valence-corrected chi connectivity index (χ1v) is 2.78. The Morgan fingerprint density at radius 3 is 2.43 bits per heavy atom. The maximum absolute atomic E-state index is 8.65. The first kappa shape index (κ1) is 7.21. The summed E-state index contributed by atoms with van der Waals surface area (Å²) in [4.78, 5) is 0. The fourth-order valence-electron chi connectivity index (χ4n) is 0.244. The molecule has 0 aliphatic carbocycles. The third-order valence-electron chi connectivity index (χ3n) is 0.714. The van der Waals surface area contributed by atoms with Crippen molar-refractivity contribution in [2.45, 2.75) is 12.5 Å². The predicted octanol–water partition coefficient (Wildman–Crippen LogP) is -0.0651. The molecule has 0 aromatic rings. The predicted molar refractivity (Wildman–Crippen MR) is 30.4 cm³/mol. The lowest BCUT2D eigenvalue weighted by Crippen LogP contribution is -2.19. The van der Waals surface area contributed by atoms with Crippen molar-refractivity contribution in [1.29, 1.82) is 0 Å². The van der Waals surface area contributed by atoms with Gasteiger partial charge in [0.25, 0.3) is 0 Å². The van der Waals surface area contributed by atoms with Crippen LogP contribution in [0.15, 0.2) is 0 Å². The zero-order valence-electron chi connectivity index (χ0n) is 4.10. The summed E-state index contributed by atoms with van der Waals surface area (Å²) in [6.45, 7) is 0.312. The van der Waals surface area contributed by atoms with Gasteiger partial charge in [-0.3, -0.25) is 0 Å². The van der Waals surface area contributed by atoms with Crippen LogP contribution in [-0.4, -0.2) is 23.6 Å². The highest BCUT2D eigenvalue weighted by Crippen LogP contribution is 1.89. The summed E-state index contributed by atoms with van der Waals surface area (Å²) >= 11 is 5.26. The van der Waals surface area contributed by atoms with Crippen LogP contribution >= 0.6 is 11.6 Å². The Morgan fingerprint density at radius 2 is 2.29 bits per heavy atom. The smallest absolute Gasteiger partial charge is 0.0673 e. The first-order valence-electron chi connectivity index (χ1n) is 2.25. The summed E-state index contributed by atoms with van der Waals surface area (Å²) in [5, 5.41) is 8.65. The van der Waals surface area contributed by atoms with E-state index in [0.717, 1.165) is 0 Å². The molecule has 0 radical (unpaired) electrons. The van der Waals surface area contributed by atoms with Crippen LogP contribution in [0.25, 0.3) is 0 Å². The van der Waals surface area contributed by atoms with E-state index in [1.807, 2.05) is 0 Å². The van der Waals surface area contributed by atoms with E-state index in [1.54, 1.807) is 0 Å². The van der Waals surface area contributed by atoms with Crippen molar-refractivity contribution >= 4 is 11.6 Å². The van der Waals surface area contributed by atoms with Crippen LogP contribution in [0.1, 0.15) is 6.42 Å². The van der Waals surface area contributed by atoms with Crippen molar-refractivity contribution in [2.75, 3.05) is 12.4 Å². The normalized spacial score (nSPS) is 14.1. The molecule has 0 saturated carbocycles. The Morgan fingerprint density at radius 1 is 1.71 bits per heavy atom. The molecule has 0 aromatic heterocycles. The zero-order chi connectivity index (χ0) is 5.70. The number of aliphatic hydroxyl groups excluding tert-OH is 1. The van der Waals surface area contributed by atoms with Gasteiger partial charge in [0.2, 0.25) is 0 Å². The van der Waals surface area contributed by atoms with E-state index in [2.05, 4.69) is 0 Å². The van der Waals surface area contributed by atoms with Gasteiger partial charge in [0.15, 0.2) is 0 Å². The van der Waals surface area contributed by atoms with Crippen LogP contribution in [0.2, 0.25) is 0 Å². The Hall–Kier alpha value is 0.210. The van der Waals surface area contributed by atoms with Crippen LogP contribution in [0.4, 0.5) is 0 Å². The van der Waals surface area contributed by atoms with Gasteiger partial charge in [-0.05, 0) is 6.42 Å². The summed E-state index contributed by atoms with van der Waals surface area (Å²) in [6, 6.07) is 0. The molecule has 0 unspecified atom stereocenters. The monoisotopic (exact) mass is 123 g/mol. The molecule has 2 nitrogen and oxygen atoms in total. The number of alkyl halides is 1. The second-order valence-corrected chi connectivity index (χ2v) is 1.75. The van der Waals surface area contributed by atoms with Gasteiger partial charge in [-0.15, -0.1) is 11.6 Å². The molecule has 0 aliphatic heterocycles. The summed E-state index contributed by atoms with van der Waals surface area (Å²) in [6.07, 6.45) is 0.190. The summed E-state index contributed by atoms with van der Waals surface area (Å²) in [7, 11) is 0. The fraction of sp³-hybridized carbons (Fsp3) is 1.00. The molecular formula is C4H10ClNO. The average Bonchev–Trinajstić information content (AvgIpc) is 1.68. The van der Waals surface area contributed by atoms with Crippen LogP contribution in [0.5, 0.6) is 0 Å². The summed E-state index contributed by atoms with van der Waals surface area (Å²) in [5.41, 5.74) is 5.05. The van der Waals surface area contributed by atoms with Crippen molar-refractivity contribution in [1.82, 2.24) is 0 Å². The Kier molecular flexibility index (Phi) is 4.50. The van der Waals surface area contributed by atoms with E-state index in [-0.39, 0.29) is 0 Å². The van der Waals surface area contributed by atoms with Crippen LogP contribution < -0.4 is 5.73 Å². The number of halogens is 1. The average molecular weight is 124 g/mol. The molecule has 0 heterocycles. The minimum Gasteiger partial charge on any atom is -0.392 e.